The Morgan fingerprint density at radius 3 is 1.03 bits per heavy atom. The van der Waals surface area contributed by atoms with Crippen LogP contribution in [0.2, 0.25) is 0 Å². The molecule has 0 saturated heterocycles. The fraction of sp³-hybridized carbons (Fsp3) is 0. The number of phenols is 2. The Hall–Kier alpha value is -2.39. The van der Waals surface area contributed by atoms with Gasteiger partial charge in [0.15, 0.2) is 0 Å². The predicted molar refractivity (Wildman–Crippen MR) is 125 cm³/mol. The summed E-state index contributed by atoms with van der Waals surface area (Å²) in [5, 5.41) is 19.1. The van der Waals surface area contributed by atoms with E-state index in [1.165, 1.54) is 0 Å². The maximum atomic E-state index is 9.55. The van der Waals surface area contributed by atoms with Crippen LogP contribution in [0.5, 0.6) is 11.5 Å². The van der Waals surface area contributed by atoms with Gasteiger partial charge < -0.3 is 21.2 Å². The monoisotopic (exact) mass is 499 g/mol. The van der Waals surface area contributed by atoms with Crippen LogP contribution < -0.4 is 0 Å². The van der Waals surface area contributed by atoms with E-state index in [0.29, 0.717) is 11.5 Å². The van der Waals surface area contributed by atoms with Gasteiger partial charge in [-0.1, -0.05) is 84.2 Å². The molecule has 0 amide bonds. The summed E-state index contributed by atoms with van der Waals surface area (Å²) in [6.07, 6.45) is 0. The minimum Gasteiger partial charge on any atom is -0.507 e. The van der Waals surface area contributed by atoms with E-state index in [9.17, 15) is 10.2 Å². The van der Waals surface area contributed by atoms with Crippen molar-refractivity contribution in [1.29, 1.82) is 0 Å². The van der Waals surface area contributed by atoms with Gasteiger partial charge in [0.05, 0.1) is 9.79 Å². The third kappa shape index (κ3) is 9.52. The van der Waals surface area contributed by atoms with E-state index >= 15 is 0 Å². The first kappa shape index (κ1) is 28.6. The van der Waals surface area contributed by atoms with Crippen molar-refractivity contribution in [2.75, 3.05) is 0 Å². The van der Waals surface area contributed by atoms with Gasteiger partial charge in [-0.3, -0.25) is 0 Å². The van der Waals surface area contributed by atoms with Crippen molar-refractivity contribution in [3.05, 3.63) is 109 Å². The average molecular weight is 500 g/mol. The summed E-state index contributed by atoms with van der Waals surface area (Å²) in [7, 11) is 0. The van der Waals surface area contributed by atoms with Crippen LogP contribution in [0.15, 0.2) is 129 Å². The normalized spacial score (nSPS) is 9.03. The van der Waals surface area contributed by atoms with Crippen molar-refractivity contribution in [3.63, 3.8) is 0 Å². The molecular weight excluding hydrogens is 475 g/mol. The summed E-state index contributed by atoms with van der Waals surface area (Å²) >= 11 is 3.13. The molecule has 0 saturated carbocycles. The molecule has 0 heterocycles. The average Bonchev–Trinajstić information content (AvgIpc) is 2.74. The van der Waals surface area contributed by atoms with E-state index in [2.05, 4.69) is 0 Å². The van der Waals surface area contributed by atoms with E-state index < -0.39 is 0 Å². The molecule has 0 aliphatic carbocycles. The number of rotatable bonds is 4. The van der Waals surface area contributed by atoms with E-state index in [0.717, 1.165) is 19.6 Å². The van der Waals surface area contributed by atoms with E-state index in [1.54, 1.807) is 35.7 Å². The third-order valence-electron chi connectivity index (χ3n) is 3.67. The Kier molecular flexibility index (Phi) is 14.2. The zero-order chi connectivity index (χ0) is 19.6. The van der Waals surface area contributed by atoms with E-state index in [-0.39, 0.29) is 27.7 Å². The van der Waals surface area contributed by atoms with Crippen molar-refractivity contribution in [1.82, 2.24) is 0 Å². The van der Waals surface area contributed by atoms with Crippen LogP contribution >= 0.6 is 23.5 Å². The van der Waals surface area contributed by atoms with Gasteiger partial charge >= 0.3 is 0 Å². The van der Waals surface area contributed by atoms with Gasteiger partial charge in [-0.2, -0.15) is 0 Å². The van der Waals surface area contributed by atoms with E-state index in [1.807, 2.05) is 97.1 Å². The molecular formula is C24H24CoO4S2. The van der Waals surface area contributed by atoms with Crippen molar-refractivity contribution < 1.29 is 37.9 Å². The van der Waals surface area contributed by atoms with Crippen LogP contribution in [0.25, 0.3) is 0 Å². The number of hydrogen-bond donors (Lipinski definition) is 2. The second-order valence-corrected chi connectivity index (χ2v) is 8.00. The minimum atomic E-state index is 0. The van der Waals surface area contributed by atoms with Gasteiger partial charge in [0.1, 0.15) is 11.5 Å². The molecule has 1 radical (unpaired) electrons. The maximum Gasteiger partial charge on any atom is 0.129 e. The molecule has 0 aliphatic heterocycles. The van der Waals surface area contributed by atoms with Crippen molar-refractivity contribution in [2.24, 2.45) is 0 Å². The van der Waals surface area contributed by atoms with Crippen molar-refractivity contribution >= 4 is 23.5 Å². The quantitative estimate of drug-likeness (QED) is 0.390. The van der Waals surface area contributed by atoms with Crippen molar-refractivity contribution in [2.45, 2.75) is 19.6 Å². The Morgan fingerprint density at radius 2 is 0.710 bits per heavy atom. The number of phenolic OH excluding ortho intramolecular Hbond substituents is 2. The largest absolute Gasteiger partial charge is 0.507 e. The second kappa shape index (κ2) is 15.4. The van der Waals surface area contributed by atoms with Gasteiger partial charge in [-0.15, -0.1) is 0 Å². The summed E-state index contributed by atoms with van der Waals surface area (Å²) in [6, 6.07) is 34.7. The van der Waals surface area contributed by atoms with Crippen LogP contribution in [0, 0.1) is 0 Å². The molecule has 0 atom stereocenters. The van der Waals surface area contributed by atoms with Crippen LogP contribution in [-0.4, -0.2) is 21.2 Å². The summed E-state index contributed by atoms with van der Waals surface area (Å²) in [6.45, 7) is 0. The molecule has 4 nitrogen and oxygen atoms in total. The molecule has 4 rings (SSSR count). The summed E-state index contributed by atoms with van der Waals surface area (Å²) in [4.78, 5) is 4.04. The number of aromatic hydroxyl groups is 2. The molecule has 0 unspecified atom stereocenters. The van der Waals surface area contributed by atoms with Gasteiger partial charge in [-0.05, 0) is 48.5 Å². The number of hydrogen-bond acceptors (Lipinski definition) is 4. The second-order valence-electron chi connectivity index (χ2n) is 5.77. The van der Waals surface area contributed by atoms with Crippen LogP contribution in [-0.2, 0) is 16.8 Å². The van der Waals surface area contributed by atoms with Gasteiger partial charge in [0, 0.05) is 26.6 Å². The Labute approximate surface area is 201 Å². The van der Waals surface area contributed by atoms with Crippen LogP contribution in [0.1, 0.15) is 0 Å². The Bertz CT molecular complexity index is 919. The first-order chi connectivity index (χ1) is 13.7. The third-order valence-corrected chi connectivity index (χ3v) is 5.82. The SMILES string of the molecule is O.O.Oc1ccccc1Sc1ccccc1.Oc1ccccc1Sc1ccccc1.[Co]. The topological polar surface area (TPSA) is 103 Å². The minimum absolute atomic E-state index is 0. The molecule has 4 aromatic carbocycles. The van der Waals surface area contributed by atoms with Gasteiger partial charge in [0.25, 0.3) is 0 Å². The fourth-order valence-corrected chi connectivity index (χ4v) is 4.05. The first-order valence-corrected chi connectivity index (χ1v) is 10.4. The van der Waals surface area contributed by atoms with E-state index in [4.69, 9.17) is 0 Å². The fourth-order valence-electron chi connectivity index (χ4n) is 2.32. The molecule has 0 aliphatic rings. The summed E-state index contributed by atoms with van der Waals surface area (Å²) in [5.74, 6) is 0.669. The number of para-hydroxylation sites is 2. The molecule has 0 fully saturated rings. The summed E-state index contributed by atoms with van der Waals surface area (Å²) in [5.41, 5.74) is 0. The Balaban J connectivity index is 0.000000529. The number of benzene rings is 4. The molecule has 4 aromatic rings. The van der Waals surface area contributed by atoms with Crippen molar-refractivity contribution in [3.8, 4) is 11.5 Å². The predicted octanol–water partition coefficient (Wildman–Crippen LogP) is 5.43. The standard InChI is InChI=1S/2C12H10OS.Co.2H2O/c2*13-11-8-4-5-9-12(11)14-10-6-2-1-3-7-10;;;/h2*1-9,13H;;2*1H2. The maximum absolute atomic E-state index is 9.55. The zero-order valence-corrected chi connectivity index (χ0v) is 19.1. The zero-order valence-electron chi connectivity index (χ0n) is 16.4. The summed E-state index contributed by atoms with van der Waals surface area (Å²) < 4.78 is 0. The molecule has 165 valence electrons. The van der Waals surface area contributed by atoms with Gasteiger partial charge in [0.2, 0.25) is 0 Å². The first-order valence-electron chi connectivity index (χ1n) is 8.74. The van der Waals surface area contributed by atoms with Crippen LogP contribution in [0.3, 0.4) is 0 Å². The Morgan fingerprint density at radius 1 is 0.419 bits per heavy atom. The molecule has 31 heavy (non-hydrogen) atoms. The molecule has 0 bridgehead atoms. The molecule has 0 spiro atoms. The van der Waals surface area contributed by atoms with Gasteiger partial charge in [-0.25, -0.2) is 0 Å². The van der Waals surface area contributed by atoms with Crippen LogP contribution in [0.4, 0.5) is 0 Å². The molecule has 7 heteroatoms. The molecule has 0 aromatic heterocycles. The molecule has 6 N–H and O–H groups in total. The smallest absolute Gasteiger partial charge is 0.129 e.